The lowest BCUT2D eigenvalue weighted by Crippen LogP contribution is -2.36. The number of anilines is 3. The fourth-order valence-corrected chi connectivity index (χ4v) is 3.83. The first kappa shape index (κ1) is 19.7. The van der Waals surface area contributed by atoms with E-state index in [0.717, 1.165) is 6.42 Å². The SMILES string of the molecule is O=C(Nc1ccc(N2CCOCC2)c(F)c1)c1ccc(Cl)cc1N1CCCC1=O. The molecule has 6 nitrogen and oxygen atoms in total. The van der Waals surface area contributed by atoms with Crippen LogP contribution in [-0.2, 0) is 9.53 Å². The van der Waals surface area contributed by atoms with Crippen molar-refractivity contribution in [3.05, 3.63) is 52.8 Å². The Morgan fingerprint density at radius 3 is 2.55 bits per heavy atom. The normalized spacial score (nSPS) is 17.0. The van der Waals surface area contributed by atoms with Crippen molar-refractivity contribution in [2.75, 3.05) is 48.0 Å². The van der Waals surface area contributed by atoms with Crippen molar-refractivity contribution >= 4 is 40.5 Å². The number of benzene rings is 2. The van der Waals surface area contributed by atoms with E-state index in [2.05, 4.69) is 5.32 Å². The van der Waals surface area contributed by atoms with Crippen LogP contribution in [0, 0.1) is 5.82 Å². The van der Waals surface area contributed by atoms with Gasteiger partial charge in [-0.05, 0) is 42.8 Å². The predicted molar refractivity (Wildman–Crippen MR) is 110 cm³/mol. The number of ether oxygens (including phenoxy) is 1. The van der Waals surface area contributed by atoms with E-state index in [1.165, 1.54) is 6.07 Å². The second kappa shape index (κ2) is 8.39. The number of carbonyl (C=O) groups excluding carboxylic acids is 2. The van der Waals surface area contributed by atoms with Gasteiger partial charge in [0, 0.05) is 36.8 Å². The van der Waals surface area contributed by atoms with Crippen LogP contribution in [0.5, 0.6) is 0 Å². The number of morpholine rings is 1. The first-order chi connectivity index (χ1) is 14.0. The van der Waals surface area contributed by atoms with Crippen molar-refractivity contribution in [3.63, 3.8) is 0 Å². The van der Waals surface area contributed by atoms with E-state index in [9.17, 15) is 14.0 Å². The summed E-state index contributed by atoms with van der Waals surface area (Å²) in [5, 5.41) is 3.17. The Hall–Kier alpha value is -2.64. The maximum atomic E-state index is 14.6. The van der Waals surface area contributed by atoms with Crippen molar-refractivity contribution in [3.8, 4) is 0 Å². The average molecular weight is 418 g/mol. The third-order valence-corrected chi connectivity index (χ3v) is 5.36. The maximum Gasteiger partial charge on any atom is 0.257 e. The molecule has 29 heavy (non-hydrogen) atoms. The zero-order valence-electron chi connectivity index (χ0n) is 15.8. The molecule has 2 aliphatic heterocycles. The number of carbonyl (C=O) groups is 2. The molecule has 2 heterocycles. The van der Waals surface area contributed by atoms with E-state index in [4.69, 9.17) is 16.3 Å². The summed E-state index contributed by atoms with van der Waals surface area (Å²) in [7, 11) is 0. The largest absolute Gasteiger partial charge is 0.378 e. The van der Waals surface area contributed by atoms with Gasteiger partial charge in [0.2, 0.25) is 5.91 Å². The summed E-state index contributed by atoms with van der Waals surface area (Å²) in [5.41, 5.74) is 1.63. The number of hydrogen-bond donors (Lipinski definition) is 1. The Labute approximate surface area is 173 Å². The number of rotatable bonds is 4. The highest BCUT2D eigenvalue weighted by atomic mass is 35.5. The lowest BCUT2D eigenvalue weighted by atomic mass is 10.1. The van der Waals surface area contributed by atoms with E-state index in [1.54, 1.807) is 35.2 Å². The fraction of sp³-hybridized carbons (Fsp3) is 0.333. The molecule has 0 radical (unpaired) electrons. The van der Waals surface area contributed by atoms with E-state index in [1.807, 2.05) is 4.90 Å². The van der Waals surface area contributed by atoms with Crippen molar-refractivity contribution in [2.45, 2.75) is 12.8 Å². The van der Waals surface area contributed by atoms with Crippen LogP contribution in [0.4, 0.5) is 21.5 Å². The maximum absolute atomic E-state index is 14.6. The highest BCUT2D eigenvalue weighted by Crippen LogP contribution is 2.30. The molecule has 2 amide bonds. The Kier molecular flexibility index (Phi) is 5.69. The number of nitrogens with zero attached hydrogens (tertiary/aromatic N) is 2. The van der Waals surface area contributed by atoms with Gasteiger partial charge < -0.3 is 19.9 Å². The van der Waals surface area contributed by atoms with Gasteiger partial charge in [-0.1, -0.05) is 11.6 Å². The number of halogens is 2. The lowest BCUT2D eigenvalue weighted by molar-refractivity contribution is -0.117. The summed E-state index contributed by atoms with van der Waals surface area (Å²) >= 11 is 6.09. The second-order valence-electron chi connectivity index (χ2n) is 7.03. The molecular weight excluding hydrogens is 397 g/mol. The molecule has 1 N–H and O–H groups in total. The topological polar surface area (TPSA) is 61.9 Å². The van der Waals surface area contributed by atoms with Crippen LogP contribution in [0.1, 0.15) is 23.2 Å². The number of hydrogen-bond acceptors (Lipinski definition) is 4. The molecule has 2 aromatic carbocycles. The Morgan fingerprint density at radius 2 is 1.86 bits per heavy atom. The molecule has 0 atom stereocenters. The van der Waals surface area contributed by atoms with E-state index >= 15 is 0 Å². The van der Waals surface area contributed by atoms with Crippen LogP contribution in [0.15, 0.2) is 36.4 Å². The van der Waals surface area contributed by atoms with Crippen LogP contribution >= 0.6 is 11.6 Å². The summed E-state index contributed by atoms with van der Waals surface area (Å²) in [4.78, 5) is 28.5. The molecule has 0 saturated carbocycles. The molecule has 0 unspecified atom stereocenters. The number of amides is 2. The van der Waals surface area contributed by atoms with Crippen molar-refractivity contribution in [1.82, 2.24) is 0 Å². The third-order valence-electron chi connectivity index (χ3n) is 5.13. The average Bonchev–Trinajstić information content (AvgIpc) is 3.14. The van der Waals surface area contributed by atoms with Gasteiger partial charge in [0.15, 0.2) is 0 Å². The van der Waals surface area contributed by atoms with Crippen LogP contribution < -0.4 is 15.1 Å². The summed E-state index contributed by atoms with van der Waals surface area (Å²) < 4.78 is 19.9. The quantitative estimate of drug-likeness (QED) is 0.824. The highest BCUT2D eigenvalue weighted by Gasteiger charge is 2.26. The first-order valence-corrected chi connectivity index (χ1v) is 9.94. The molecular formula is C21H21ClFN3O3. The van der Waals surface area contributed by atoms with Gasteiger partial charge in [-0.15, -0.1) is 0 Å². The number of nitrogens with one attached hydrogen (secondary N) is 1. The lowest BCUT2D eigenvalue weighted by Gasteiger charge is -2.29. The van der Waals surface area contributed by atoms with Gasteiger partial charge in [0.25, 0.3) is 5.91 Å². The predicted octanol–water partition coefficient (Wildman–Crippen LogP) is 3.69. The minimum atomic E-state index is -0.421. The Bertz CT molecular complexity index is 947. The smallest absolute Gasteiger partial charge is 0.257 e. The summed E-state index contributed by atoms with van der Waals surface area (Å²) in [5.74, 6) is -0.868. The molecule has 8 heteroatoms. The van der Waals surface area contributed by atoms with E-state index in [0.29, 0.717) is 66.9 Å². The van der Waals surface area contributed by atoms with Crippen LogP contribution in [-0.4, -0.2) is 44.7 Å². The van der Waals surface area contributed by atoms with Crippen molar-refractivity contribution in [1.29, 1.82) is 0 Å². The molecule has 0 aliphatic carbocycles. The first-order valence-electron chi connectivity index (χ1n) is 9.56. The molecule has 2 aromatic rings. The fourth-order valence-electron chi connectivity index (χ4n) is 3.67. The van der Waals surface area contributed by atoms with E-state index < -0.39 is 11.7 Å². The van der Waals surface area contributed by atoms with Crippen molar-refractivity contribution in [2.24, 2.45) is 0 Å². The molecule has 2 saturated heterocycles. The van der Waals surface area contributed by atoms with Gasteiger partial charge in [-0.25, -0.2) is 4.39 Å². The highest BCUT2D eigenvalue weighted by molar-refractivity contribution is 6.31. The molecule has 2 aliphatic rings. The van der Waals surface area contributed by atoms with Gasteiger partial charge in [-0.2, -0.15) is 0 Å². The van der Waals surface area contributed by atoms with Crippen LogP contribution in [0.3, 0.4) is 0 Å². The zero-order valence-corrected chi connectivity index (χ0v) is 16.5. The van der Waals surface area contributed by atoms with Gasteiger partial charge in [0.05, 0.1) is 30.2 Å². The molecule has 2 fully saturated rings. The molecule has 152 valence electrons. The van der Waals surface area contributed by atoms with Crippen molar-refractivity contribution < 1.29 is 18.7 Å². The van der Waals surface area contributed by atoms with Gasteiger partial charge in [0.1, 0.15) is 5.82 Å². The molecule has 0 spiro atoms. The second-order valence-corrected chi connectivity index (χ2v) is 7.47. The summed E-state index contributed by atoms with van der Waals surface area (Å²) in [6.07, 6.45) is 1.18. The van der Waals surface area contributed by atoms with E-state index in [-0.39, 0.29) is 5.91 Å². The molecule has 4 rings (SSSR count). The van der Waals surface area contributed by atoms with Crippen LogP contribution in [0.25, 0.3) is 0 Å². The molecule has 0 aromatic heterocycles. The zero-order chi connectivity index (χ0) is 20.4. The standard InChI is InChI=1S/C21H21ClFN3O3/c22-14-3-5-16(19(12-14)26-7-1-2-20(26)27)21(28)24-15-4-6-18(17(23)13-15)25-8-10-29-11-9-25/h3-6,12-13H,1-2,7-11H2,(H,24,28). The van der Waals surface area contributed by atoms with Gasteiger partial charge in [-0.3, -0.25) is 9.59 Å². The summed E-state index contributed by atoms with van der Waals surface area (Å²) in [6.45, 7) is 2.92. The van der Waals surface area contributed by atoms with Crippen LogP contribution in [0.2, 0.25) is 5.02 Å². The third kappa shape index (κ3) is 4.21. The Balaban J connectivity index is 1.55. The minimum Gasteiger partial charge on any atom is -0.378 e. The Morgan fingerprint density at radius 1 is 1.07 bits per heavy atom. The minimum absolute atomic E-state index is 0.0396. The van der Waals surface area contributed by atoms with Gasteiger partial charge >= 0.3 is 0 Å². The monoisotopic (exact) mass is 417 g/mol. The summed E-state index contributed by atoms with van der Waals surface area (Å²) in [6, 6.07) is 9.42. The molecule has 0 bridgehead atoms.